The van der Waals surface area contributed by atoms with Gasteiger partial charge in [-0.05, 0) is 31.4 Å². The molecule has 6 aromatic rings. The smallest absolute Gasteiger partial charge is 0.232 e. The summed E-state index contributed by atoms with van der Waals surface area (Å²) >= 11 is 0. The molecule has 0 fully saturated rings. The summed E-state index contributed by atoms with van der Waals surface area (Å²) in [5, 5.41) is 28.3. The number of ether oxygens (including phenoxy) is 3. The Hall–Kier alpha value is -5.64. The van der Waals surface area contributed by atoms with Crippen LogP contribution in [0.5, 0.6) is 28.7 Å². The van der Waals surface area contributed by atoms with Crippen molar-refractivity contribution in [1.29, 1.82) is 0 Å². The molecule has 1 aromatic heterocycles. The molecule has 0 aliphatic heterocycles. The average molecular weight is 605 g/mol. The van der Waals surface area contributed by atoms with E-state index in [2.05, 4.69) is 10.3 Å². The van der Waals surface area contributed by atoms with E-state index in [9.17, 15) is 24.6 Å². The lowest BCUT2D eigenvalue weighted by atomic mass is 9.80. The van der Waals surface area contributed by atoms with E-state index in [0.29, 0.717) is 54.7 Å². The number of anilines is 1. The Morgan fingerprint density at radius 3 is 2.02 bits per heavy atom. The van der Waals surface area contributed by atoms with Gasteiger partial charge in [0.05, 0.1) is 55.9 Å². The maximum absolute atomic E-state index is 14.5. The number of phenolic OH excluding ortho intramolecular Hbond substituents is 2. The number of benzene rings is 5. The predicted octanol–water partition coefficient (Wildman–Crippen LogP) is 5.43. The van der Waals surface area contributed by atoms with Crippen molar-refractivity contribution < 1.29 is 29.2 Å². The summed E-state index contributed by atoms with van der Waals surface area (Å²) in [4.78, 5) is 46.4. The van der Waals surface area contributed by atoms with Gasteiger partial charge in [0.2, 0.25) is 10.9 Å². The summed E-state index contributed by atoms with van der Waals surface area (Å²) in [6.45, 7) is 3.39. The number of phenols is 2. The molecule has 0 bridgehead atoms. The summed E-state index contributed by atoms with van der Waals surface area (Å²) in [5.74, 6) is -1.47. The SMILES string of the molecule is COc1c2c3c4c(c(NCc5ccccn5)c(=O)c5c(O)cc(OC)c(c6c(OC)cc(O)c(c1=O)c63)c54)C=C(C)C2C(C)=O. The van der Waals surface area contributed by atoms with Crippen molar-refractivity contribution in [3.05, 3.63) is 79.4 Å². The summed E-state index contributed by atoms with van der Waals surface area (Å²) < 4.78 is 17.2. The Kier molecular flexibility index (Phi) is 6.22. The number of carbonyl (C=O) groups is 1. The zero-order chi connectivity index (χ0) is 31.9. The van der Waals surface area contributed by atoms with E-state index >= 15 is 0 Å². The van der Waals surface area contributed by atoms with Crippen LogP contribution in [0, 0.1) is 0 Å². The van der Waals surface area contributed by atoms with Crippen molar-refractivity contribution >= 4 is 60.6 Å². The minimum absolute atomic E-state index is 0.0189. The van der Waals surface area contributed by atoms with Gasteiger partial charge >= 0.3 is 0 Å². The minimum atomic E-state index is -0.921. The van der Waals surface area contributed by atoms with Gasteiger partial charge in [0.1, 0.15) is 28.8 Å². The second-order valence-electron chi connectivity index (χ2n) is 11.2. The van der Waals surface area contributed by atoms with E-state index in [1.54, 1.807) is 25.3 Å². The van der Waals surface area contributed by atoms with Crippen molar-refractivity contribution in [2.45, 2.75) is 26.3 Å². The monoisotopic (exact) mass is 604 g/mol. The maximum atomic E-state index is 14.5. The normalized spacial score (nSPS) is 14.3. The van der Waals surface area contributed by atoms with Gasteiger partial charge in [0.15, 0.2) is 5.75 Å². The number of allylic oxidation sites excluding steroid dienone is 1. The fourth-order valence-corrected chi connectivity index (χ4v) is 7.12. The Morgan fingerprint density at radius 1 is 0.844 bits per heavy atom. The first-order valence-electron chi connectivity index (χ1n) is 14.2. The standard InChI is InChI=1S/C35H28N2O8/c1-14-10-17-23-28-24(33(41)32(17)37-13-16-8-6-7-9-36-16)18(39)11-20(43-3)26(28)27-21(44-4)12-19(40)25-30(27)29(23)31(22(14)15(2)38)35(45-5)34(25)42/h6-12,22,37,39-40H,13H2,1-5H3. The molecule has 45 heavy (non-hydrogen) atoms. The molecule has 1 heterocycles. The van der Waals surface area contributed by atoms with Gasteiger partial charge in [0.25, 0.3) is 0 Å². The Balaban J connectivity index is 1.86. The summed E-state index contributed by atoms with van der Waals surface area (Å²) in [7, 11) is 4.21. The zero-order valence-corrected chi connectivity index (χ0v) is 25.1. The second-order valence-corrected chi connectivity index (χ2v) is 11.2. The molecule has 10 heteroatoms. The highest BCUT2D eigenvalue weighted by Crippen LogP contribution is 2.55. The molecule has 7 rings (SSSR count). The van der Waals surface area contributed by atoms with E-state index in [4.69, 9.17) is 14.2 Å². The molecule has 5 aromatic carbocycles. The third-order valence-corrected chi connectivity index (χ3v) is 8.82. The number of pyridine rings is 1. The number of aromatic nitrogens is 1. The fraction of sp³-hybridized carbons (Fsp3) is 0.200. The van der Waals surface area contributed by atoms with Crippen LogP contribution in [0.1, 0.15) is 36.6 Å². The summed E-state index contributed by atoms with van der Waals surface area (Å²) in [6, 6.07) is 8.13. The van der Waals surface area contributed by atoms with Crippen LogP contribution in [0.4, 0.5) is 5.69 Å². The zero-order valence-electron chi connectivity index (χ0n) is 25.1. The lowest BCUT2D eigenvalue weighted by molar-refractivity contribution is -0.117. The van der Waals surface area contributed by atoms with Crippen molar-refractivity contribution in [2.75, 3.05) is 26.6 Å². The molecular weight excluding hydrogens is 576 g/mol. The van der Waals surface area contributed by atoms with Crippen LogP contribution < -0.4 is 30.4 Å². The highest BCUT2D eigenvalue weighted by atomic mass is 16.5. The molecule has 0 saturated heterocycles. The molecule has 0 saturated carbocycles. The van der Waals surface area contributed by atoms with Gasteiger partial charge in [-0.2, -0.15) is 0 Å². The number of Topliss-reactive ketones (excluding diaryl/α,β-unsaturated/α-hetero) is 1. The van der Waals surface area contributed by atoms with Crippen LogP contribution in [-0.4, -0.2) is 42.3 Å². The van der Waals surface area contributed by atoms with Gasteiger partial charge < -0.3 is 29.7 Å². The van der Waals surface area contributed by atoms with Gasteiger partial charge in [-0.25, -0.2) is 0 Å². The minimum Gasteiger partial charge on any atom is -0.507 e. The van der Waals surface area contributed by atoms with Crippen LogP contribution in [0.25, 0.3) is 49.2 Å². The van der Waals surface area contributed by atoms with E-state index in [1.807, 2.05) is 12.1 Å². The fourth-order valence-electron chi connectivity index (χ4n) is 7.12. The van der Waals surface area contributed by atoms with E-state index < -0.39 is 16.8 Å². The summed E-state index contributed by atoms with van der Waals surface area (Å²) in [6.07, 6.45) is 3.42. The molecule has 1 unspecified atom stereocenters. The van der Waals surface area contributed by atoms with Gasteiger partial charge in [-0.3, -0.25) is 19.4 Å². The van der Waals surface area contributed by atoms with Crippen molar-refractivity contribution in [1.82, 2.24) is 4.98 Å². The molecule has 226 valence electrons. The van der Waals surface area contributed by atoms with Crippen molar-refractivity contribution in [3.8, 4) is 28.7 Å². The lowest BCUT2D eigenvalue weighted by Gasteiger charge is -2.24. The number of fused-ring (bicyclic) bond motifs is 1. The maximum Gasteiger partial charge on any atom is 0.232 e. The highest BCUT2D eigenvalue weighted by Gasteiger charge is 2.37. The number of ketones is 1. The Morgan fingerprint density at radius 2 is 1.47 bits per heavy atom. The van der Waals surface area contributed by atoms with Crippen LogP contribution in [0.2, 0.25) is 0 Å². The molecule has 3 N–H and O–H groups in total. The Labute approximate surface area is 255 Å². The van der Waals surface area contributed by atoms with Crippen LogP contribution >= 0.6 is 0 Å². The van der Waals surface area contributed by atoms with Crippen molar-refractivity contribution in [3.63, 3.8) is 0 Å². The molecule has 10 nitrogen and oxygen atoms in total. The first kappa shape index (κ1) is 28.1. The molecule has 0 amide bonds. The molecule has 0 radical (unpaired) electrons. The first-order chi connectivity index (χ1) is 21.6. The largest absolute Gasteiger partial charge is 0.507 e. The quantitative estimate of drug-likeness (QED) is 0.159. The predicted molar refractivity (Wildman–Crippen MR) is 173 cm³/mol. The molecule has 1 aliphatic carbocycles. The lowest BCUT2D eigenvalue weighted by Crippen LogP contribution is -2.18. The number of rotatable bonds is 7. The summed E-state index contributed by atoms with van der Waals surface area (Å²) in [5.41, 5.74) is 1.12. The van der Waals surface area contributed by atoms with Gasteiger partial charge in [-0.1, -0.05) is 17.7 Å². The molecular formula is C35H28N2O8. The Bertz CT molecular complexity index is 2380. The highest BCUT2D eigenvalue weighted by molar-refractivity contribution is 6.39. The molecule has 0 spiro atoms. The number of aromatic hydroxyl groups is 2. The molecule has 1 aliphatic rings. The first-order valence-corrected chi connectivity index (χ1v) is 14.2. The van der Waals surface area contributed by atoms with Crippen LogP contribution in [0.3, 0.4) is 0 Å². The van der Waals surface area contributed by atoms with Crippen LogP contribution in [0.15, 0.2) is 51.7 Å². The number of nitrogens with zero attached hydrogens (tertiary/aromatic N) is 1. The van der Waals surface area contributed by atoms with E-state index in [0.717, 1.165) is 0 Å². The second kappa shape index (κ2) is 9.95. The topological polar surface area (TPSA) is 144 Å². The number of hydrogen-bond acceptors (Lipinski definition) is 10. The number of methoxy groups -OCH3 is 3. The average Bonchev–Trinajstić information content (AvgIpc) is 3.15. The van der Waals surface area contributed by atoms with Crippen LogP contribution in [-0.2, 0) is 11.3 Å². The number of carbonyl (C=O) groups excluding carboxylic acids is 1. The number of nitrogens with one attached hydrogen (secondary N) is 1. The number of hydrogen-bond donors (Lipinski definition) is 3. The van der Waals surface area contributed by atoms with Gasteiger partial charge in [-0.15, -0.1) is 0 Å². The van der Waals surface area contributed by atoms with Crippen molar-refractivity contribution in [2.24, 2.45) is 0 Å². The third kappa shape index (κ3) is 3.68. The molecule has 1 atom stereocenters. The van der Waals surface area contributed by atoms with Gasteiger partial charge in [0, 0.05) is 56.4 Å². The van der Waals surface area contributed by atoms with E-state index in [-0.39, 0.29) is 57.5 Å². The van der Waals surface area contributed by atoms with E-state index in [1.165, 1.54) is 40.4 Å². The third-order valence-electron chi connectivity index (χ3n) is 8.82.